The number of aliphatic carboxylic acids is 1. The van der Waals surface area contributed by atoms with Crippen LogP contribution in [0.3, 0.4) is 0 Å². The van der Waals surface area contributed by atoms with Crippen molar-refractivity contribution in [1.82, 2.24) is 0 Å². The number of carbonyl (C=O) groups is 1. The number of alkyl halides is 2. The number of hydrogen-bond donors (Lipinski definition) is 2. The van der Waals surface area contributed by atoms with Crippen LogP contribution in [0.5, 0.6) is 11.5 Å². The van der Waals surface area contributed by atoms with E-state index in [1.807, 2.05) is 0 Å². The van der Waals surface area contributed by atoms with E-state index in [2.05, 4.69) is 0 Å². The first-order valence-corrected chi connectivity index (χ1v) is 5.53. The Bertz CT molecular complexity index is 510. The van der Waals surface area contributed by atoms with E-state index in [0.29, 0.717) is 6.92 Å². The van der Waals surface area contributed by atoms with E-state index >= 15 is 0 Å². The highest BCUT2D eigenvalue weighted by atomic mass is 19.3. The van der Waals surface area contributed by atoms with Crippen molar-refractivity contribution in [3.8, 4) is 11.5 Å². The van der Waals surface area contributed by atoms with Crippen molar-refractivity contribution >= 4 is 5.97 Å². The molecule has 0 aromatic heterocycles. The second-order valence-corrected chi connectivity index (χ2v) is 4.22. The standard InChI is InChI=1S/C12H12F2O5/c1-12(13,14)6-4-7(9(15)11(16)17)10-8(5-6)18-2-3-19-10/h4-5,9,15H,2-3H2,1H3,(H,16,17). The Morgan fingerprint density at radius 3 is 2.58 bits per heavy atom. The van der Waals surface area contributed by atoms with Crippen LogP contribution in [-0.4, -0.2) is 29.4 Å². The fourth-order valence-corrected chi connectivity index (χ4v) is 1.77. The first-order chi connectivity index (χ1) is 8.80. The quantitative estimate of drug-likeness (QED) is 0.877. The molecule has 7 heteroatoms. The highest BCUT2D eigenvalue weighted by Crippen LogP contribution is 2.42. The summed E-state index contributed by atoms with van der Waals surface area (Å²) in [6, 6.07) is 2.01. The first kappa shape index (κ1) is 13.5. The van der Waals surface area contributed by atoms with Gasteiger partial charge in [0.25, 0.3) is 5.92 Å². The minimum Gasteiger partial charge on any atom is -0.486 e. The van der Waals surface area contributed by atoms with Crippen molar-refractivity contribution in [3.63, 3.8) is 0 Å². The van der Waals surface area contributed by atoms with Crippen LogP contribution in [-0.2, 0) is 10.7 Å². The van der Waals surface area contributed by atoms with Crippen LogP contribution in [0, 0.1) is 0 Å². The molecule has 0 bridgehead atoms. The van der Waals surface area contributed by atoms with Crippen LogP contribution in [0.1, 0.15) is 24.2 Å². The molecule has 1 atom stereocenters. The van der Waals surface area contributed by atoms with Gasteiger partial charge < -0.3 is 19.7 Å². The molecule has 1 aromatic carbocycles. The minimum absolute atomic E-state index is 0.00542. The monoisotopic (exact) mass is 274 g/mol. The lowest BCUT2D eigenvalue weighted by atomic mass is 10.0. The minimum atomic E-state index is -3.18. The van der Waals surface area contributed by atoms with E-state index in [-0.39, 0.29) is 30.3 Å². The molecule has 1 aromatic rings. The van der Waals surface area contributed by atoms with Crippen LogP contribution < -0.4 is 9.47 Å². The van der Waals surface area contributed by atoms with Gasteiger partial charge in [0, 0.05) is 18.1 Å². The number of carboxylic acids is 1. The molecule has 1 unspecified atom stereocenters. The van der Waals surface area contributed by atoms with E-state index in [4.69, 9.17) is 14.6 Å². The summed E-state index contributed by atoms with van der Waals surface area (Å²) < 4.78 is 37.1. The van der Waals surface area contributed by atoms with Gasteiger partial charge in [0.05, 0.1) is 0 Å². The lowest BCUT2D eigenvalue weighted by molar-refractivity contribution is -0.147. The summed E-state index contributed by atoms with van der Waals surface area (Å²) in [6.07, 6.45) is -1.95. The summed E-state index contributed by atoms with van der Waals surface area (Å²) in [5.41, 5.74) is -0.673. The molecule has 0 amide bonds. The second-order valence-electron chi connectivity index (χ2n) is 4.22. The van der Waals surface area contributed by atoms with Crippen LogP contribution in [0.25, 0.3) is 0 Å². The largest absolute Gasteiger partial charge is 0.486 e. The third-order valence-electron chi connectivity index (χ3n) is 2.71. The number of halogens is 2. The Morgan fingerprint density at radius 2 is 2.00 bits per heavy atom. The number of aliphatic hydroxyl groups is 1. The van der Waals surface area contributed by atoms with E-state index in [1.165, 1.54) is 0 Å². The van der Waals surface area contributed by atoms with Crippen LogP contribution >= 0.6 is 0 Å². The van der Waals surface area contributed by atoms with Gasteiger partial charge in [-0.1, -0.05) is 0 Å². The number of aliphatic hydroxyl groups excluding tert-OH is 1. The van der Waals surface area contributed by atoms with Crippen LogP contribution in [0.4, 0.5) is 8.78 Å². The van der Waals surface area contributed by atoms with Gasteiger partial charge in [0.1, 0.15) is 13.2 Å². The molecule has 0 radical (unpaired) electrons. The van der Waals surface area contributed by atoms with E-state index in [0.717, 1.165) is 12.1 Å². The molecule has 1 aliphatic heterocycles. The Hall–Kier alpha value is -1.89. The predicted octanol–water partition coefficient (Wildman–Crippen LogP) is 1.69. The summed E-state index contributed by atoms with van der Waals surface area (Å²) >= 11 is 0. The van der Waals surface area contributed by atoms with Gasteiger partial charge in [-0.25, -0.2) is 13.6 Å². The van der Waals surface area contributed by atoms with Crippen molar-refractivity contribution in [2.24, 2.45) is 0 Å². The van der Waals surface area contributed by atoms with Gasteiger partial charge in [-0.15, -0.1) is 0 Å². The average molecular weight is 274 g/mol. The Labute approximate surface area is 107 Å². The summed E-state index contributed by atoms with van der Waals surface area (Å²) in [6.45, 7) is 1.01. The predicted molar refractivity (Wildman–Crippen MR) is 59.6 cm³/mol. The molecule has 0 fully saturated rings. The molecular formula is C12H12F2O5. The maximum Gasteiger partial charge on any atom is 0.337 e. The normalized spacial score (nSPS) is 16.0. The van der Waals surface area contributed by atoms with Crippen molar-refractivity contribution < 1.29 is 33.3 Å². The zero-order chi connectivity index (χ0) is 14.2. The number of fused-ring (bicyclic) bond motifs is 1. The van der Waals surface area contributed by atoms with Gasteiger partial charge in [-0.05, 0) is 12.1 Å². The summed E-state index contributed by atoms with van der Waals surface area (Å²) in [5.74, 6) is -4.72. The Balaban J connectivity index is 2.59. The molecule has 5 nitrogen and oxygen atoms in total. The number of benzene rings is 1. The van der Waals surface area contributed by atoms with E-state index < -0.39 is 23.6 Å². The van der Waals surface area contributed by atoms with Crippen LogP contribution in [0.15, 0.2) is 12.1 Å². The molecule has 2 rings (SSSR count). The molecule has 1 aliphatic rings. The molecule has 1 heterocycles. The first-order valence-electron chi connectivity index (χ1n) is 5.53. The summed E-state index contributed by atoms with van der Waals surface area (Å²) in [5, 5.41) is 18.4. The lowest BCUT2D eigenvalue weighted by Crippen LogP contribution is -2.21. The number of carboxylic acid groups (broad SMARTS) is 1. The summed E-state index contributed by atoms with van der Waals surface area (Å²) in [7, 11) is 0. The molecule has 19 heavy (non-hydrogen) atoms. The molecule has 104 valence electrons. The highest BCUT2D eigenvalue weighted by Gasteiger charge is 2.32. The van der Waals surface area contributed by atoms with Crippen molar-refractivity contribution in [3.05, 3.63) is 23.3 Å². The van der Waals surface area contributed by atoms with Gasteiger partial charge in [0.15, 0.2) is 17.6 Å². The average Bonchev–Trinajstić information content (AvgIpc) is 2.35. The van der Waals surface area contributed by atoms with Gasteiger partial charge in [-0.2, -0.15) is 0 Å². The topological polar surface area (TPSA) is 76.0 Å². The van der Waals surface area contributed by atoms with Crippen molar-refractivity contribution in [2.75, 3.05) is 13.2 Å². The zero-order valence-corrected chi connectivity index (χ0v) is 10.0. The fraction of sp³-hybridized carbons (Fsp3) is 0.417. The third-order valence-corrected chi connectivity index (χ3v) is 2.71. The SMILES string of the molecule is CC(F)(F)c1cc2c(c(C(O)C(=O)O)c1)OCCO2. The highest BCUT2D eigenvalue weighted by molar-refractivity contribution is 5.76. The number of ether oxygens (including phenoxy) is 2. The smallest absolute Gasteiger partial charge is 0.337 e. The number of rotatable bonds is 3. The third kappa shape index (κ3) is 2.60. The van der Waals surface area contributed by atoms with E-state index in [1.54, 1.807) is 0 Å². The molecule has 0 saturated heterocycles. The van der Waals surface area contributed by atoms with E-state index in [9.17, 15) is 18.7 Å². The van der Waals surface area contributed by atoms with Crippen LogP contribution in [0.2, 0.25) is 0 Å². The molecule has 2 N–H and O–H groups in total. The van der Waals surface area contributed by atoms with Crippen molar-refractivity contribution in [1.29, 1.82) is 0 Å². The van der Waals surface area contributed by atoms with Gasteiger partial charge in [-0.3, -0.25) is 0 Å². The number of hydrogen-bond acceptors (Lipinski definition) is 4. The summed E-state index contributed by atoms with van der Waals surface area (Å²) in [4.78, 5) is 10.8. The lowest BCUT2D eigenvalue weighted by Gasteiger charge is -2.24. The Morgan fingerprint density at radius 1 is 1.37 bits per heavy atom. The molecular weight excluding hydrogens is 262 g/mol. The molecule has 0 aliphatic carbocycles. The second kappa shape index (κ2) is 4.65. The van der Waals surface area contributed by atoms with Gasteiger partial charge >= 0.3 is 5.97 Å². The maximum atomic E-state index is 13.3. The van der Waals surface area contributed by atoms with Crippen molar-refractivity contribution in [2.45, 2.75) is 19.0 Å². The Kier molecular flexibility index (Phi) is 3.32. The maximum absolute atomic E-state index is 13.3. The molecule has 0 saturated carbocycles. The zero-order valence-electron chi connectivity index (χ0n) is 10.0. The molecule has 0 spiro atoms. The fourth-order valence-electron chi connectivity index (χ4n) is 1.77. The van der Waals surface area contributed by atoms with Gasteiger partial charge in [0.2, 0.25) is 0 Å².